The molecule has 42 heavy (non-hydrogen) atoms. The van der Waals surface area contributed by atoms with Crippen molar-refractivity contribution in [2.24, 2.45) is 5.92 Å². The Morgan fingerprint density at radius 1 is 1.26 bits per heavy atom. The number of rotatable bonds is 6. The van der Waals surface area contributed by atoms with Crippen LogP contribution in [0.1, 0.15) is 43.2 Å². The van der Waals surface area contributed by atoms with Crippen LogP contribution in [0.5, 0.6) is 0 Å². The highest BCUT2D eigenvalue weighted by atomic mass is 35.5. The van der Waals surface area contributed by atoms with Crippen LogP contribution in [0, 0.1) is 17.2 Å². The topological polar surface area (TPSA) is 110 Å². The summed E-state index contributed by atoms with van der Waals surface area (Å²) in [5.41, 5.74) is 1.27. The van der Waals surface area contributed by atoms with Crippen LogP contribution in [0.3, 0.4) is 0 Å². The SMILES string of the molecule is C=CC(=O)N1CCN(C2NC(OCC3CCCN3C)NC3C(=O)[C@]4(CCC32)Cc2ccc(Cl)cc2CO4)CC1CC#N. The molecule has 0 radical (unpaired) electrons. The molecule has 3 saturated heterocycles. The predicted molar refractivity (Wildman–Crippen MR) is 157 cm³/mol. The molecule has 10 nitrogen and oxygen atoms in total. The van der Waals surface area contributed by atoms with E-state index in [-0.39, 0.29) is 36.2 Å². The van der Waals surface area contributed by atoms with Crippen molar-refractivity contribution in [3.63, 3.8) is 0 Å². The van der Waals surface area contributed by atoms with Gasteiger partial charge in [-0.3, -0.25) is 25.1 Å². The van der Waals surface area contributed by atoms with Gasteiger partial charge in [0.05, 0.1) is 44.0 Å². The first-order valence-electron chi connectivity index (χ1n) is 15.2. The number of Topliss-reactive ketones (excluding diaryl/α,β-unsaturated/α-hetero) is 1. The van der Waals surface area contributed by atoms with Gasteiger partial charge in [0, 0.05) is 43.0 Å². The molecular weight excluding hydrogens is 556 g/mol. The van der Waals surface area contributed by atoms with E-state index in [0.717, 1.165) is 36.9 Å². The smallest absolute Gasteiger partial charge is 0.246 e. The third-order valence-corrected chi connectivity index (χ3v) is 10.3. The molecule has 226 valence electrons. The predicted octanol–water partition coefficient (Wildman–Crippen LogP) is 2.02. The number of nitrogens with one attached hydrogen (secondary N) is 2. The third-order valence-electron chi connectivity index (χ3n) is 10.1. The Morgan fingerprint density at radius 3 is 2.88 bits per heavy atom. The molecule has 5 aliphatic rings. The van der Waals surface area contributed by atoms with Gasteiger partial charge in [-0.15, -0.1) is 0 Å². The maximum atomic E-state index is 14.4. The van der Waals surface area contributed by atoms with Crippen molar-refractivity contribution in [2.75, 3.05) is 39.8 Å². The molecule has 1 aliphatic carbocycles. The highest BCUT2D eigenvalue weighted by molar-refractivity contribution is 6.30. The Labute approximate surface area is 252 Å². The molecule has 0 aromatic heterocycles. The van der Waals surface area contributed by atoms with Gasteiger partial charge < -0.3 is 19.3 Å². The van der Waals surface area contributed by atoms with Crippen molar-refractivity contribution in [1.82, 2.24) is 25.3 Å². The minimum atomic E-state index is -0.883. The van der Waals surface area contributed by atoms with Gasteiger partial charge in [0.2, 0.25) is 5.91 Å². The molecule has 1 aromatic carbocycles. The number of likely N-dealkylation sites (tertiary alicyclic amines) is 1. The molecule has 2 N–H and O–H groups in total. The number of benzene rings is 1. The van der Waals surface area contributed by atoms with Crippen LogP contribution >= 0.6 is 11.6 Å². The van der Waals surface area contributed by atoms with Gasteiger partial charge in [0.15, 0.2) is 12.1 Å². The second-order valence-electron chi connectivity index (χ2n) is 12.4. The molecule has 4 fully saturated rings. The number of nitrogens with zero attached hydrogens (tertiary/aromatic N) is 4. The van der Waals surface area contributed by atoms with Crippen molar-refractivity contribution >= 4 is 23.3 Å². The fourth-order valence-electron chi connectivity index (χ4n) is 7.68. The first-order valence-corrected chi connectivity index (χ1v) is 15.5. The molecule has 1 amide bonds. The van der Waals surface area contributed by atoms with E-state index in [2.05, 4.69) is 40.1 Å². The van der Waals surface area contributed by atoms with Crippen LogP contribution in [0.2, 0.25) is 5.02 Å². The minimum Gasteiger partial charge on any atom is -0.362 e. The average molecular weight is 597 g/mol. The summed E-state index contributed by atoms with van der Waals surface area (Å²) < 4.78 is 12.8. The average Bonchev–Trinajstić information content (AvgIpc) is 3.42. The van der Waals surface area contributed by atoms with Gasteiger partial charge in [-0.1, -0.05) is 24.2 Å². The number of nitriles is 1. The van der Waals surface area contributed by atoms with E-state index >= 15 is 0 Å². The number of halogens is 1. The summed E-state index contributed by atoms with van der Waals surface area (Å²) in [4.78, 5) is 33.3. The normalized spacial score (nSPS) is 35.5. The standard InChI is InChI=1S/C31H41ClN6O4/c1-3-26(39)38-14-13-37(17-23(38)9-11-33)29-25-8-10-31(16-20-6-7-22(32)15-21(20)18-42-31)28(40)27(25)34-30(35-29)41-19-24-5-4-12-36(24)2/h3,6-7,15,23-25,27,29-30,34-35H,1,4-5,8-10,12-14,16-19H2,2H3/t23?,24?,25?,27?,29?,30?,31-/m0/s1. The molecule has 11 heteroatoms. The Bertz CT molecular complexity index is 1260. The lowest BCUT2D eigenvalue weighted by molar-refractivity contribution is -0.173. The van der Waals surface area contributed by atoms with Crippen molar-refractivity contribution in [3.8, 4) is 6.07 Å². The summed E-state index contributed by atoms with van der Waals surface area (Å²) in [7, 11) is 2.13. The van der Waals surface area contributed by atoms with E-state index in [1.807, 2.05) is 18.2 Å². The number of piperazine rings is 1. The van der Waals surface area contributed by atoms with Crippen molar-refractivity contribution in [3.05, 3.63) is 47.0 Å². The number of carbonyl (C=O) groups excluding carboxylic acids is 2. The molecule has 6 rings (SSSR count). The van der Waals surface area contributed by atoms with Crippen molar-refractivity contribution in [2.45, 2.75) is 81.4 Å². The van der Waals surface area contributed by atoms with Gasteiger partial charge in [-0.05, 0) is 68.6 Å². The first kappa shape index (κ1) is 29.7. The second kappa shape index (κ2) is 12.3. The van der Waals surface area contributed by atoms with Crippen molar-refractivity contribution in [1.29, 1.82) is 5.26 Å². The number of ether oxygens (including phenoxy) is 2. The van der Waals surface area contributed by atoms with Gasteiger partial charge in [0.25, 0.3) is 0 Å². The summed E-state index contributed by atoms with van der Waals surface area (Å²) in [6.45, 7) is 7.30. The molecular formula is C31H41ClN6O4. The zero-order valence-electron chi connectivity index (χ0n) is 24.3. The van der Waals surface area contributed by atoms with E-state index in [1.54, 1.807) is 4.90 Å². The Kier molecular flexibility index (Phi) is 8.72. The lowest BCUT2D eigenvalue weighted by atomic mass is 9.68. The second-order valence-corrected chi connectivity index (χ2v) is 12.9. The number of carbonyl (C=O) groups is 2. The number of hydrogen-bond acceptors (Lipinski definition) is 9. The molecule has 1 saturated carbocycles. The highest BCUT2D eigenvalue weighted by Gasteiger charge is 2.56. The molecule has 1 spiro atoms. The maximum absolute atomic E-state index is 14.4. The lowest BCUT2D eigenvalue weighted by Crippen LogP contribution is -2.75. The lowest BCUT2D eigenvalue weighted by Gasteiger charge is -2.55. The van der Waals surface area contributed by atoms with E-state index in [4.69, 9.17) is 21.1 Å². The number of ketones is 1. The van der Waals surface area contributed by atoms with Crippen LogP contribution < -0.4 is 10.6 Å². The highest BCUT2D eigenvalue weighted by Crippen LogP contribution is 2.42. The van der Waals surface area contributed by atoms with E-state index in [0.29, 0.717) is 56.8 Å². The summed E-state index contributed by atoms with van der Waals surface area (Å²) in [6, 6.07) is 7.73. The fraction of sp³-hybridized carbons (Fsp3) is 0.645. The number of hydrogen-bond donors (Lipinski definition) is 2. The molecule has 1 aromatic rings. The van der Waals surface area contributed by atoms with Crippen LogP contribution in [0.25, 0.3) is 0 Å². The summed E-state index contributed by atoms with van der Waals surface area (Å²) in [5, 5.41) is 17.4. The maximum Gasteiger partial charge on any atom is 0.246 e. The van der Waals surface area contributed by atoms with Crippen molar-refractivity contribution < 1.29 is 19.1 Å². The minimum absolute atomic E-state index is 0.0169. The molecule has 0 bridgehead atoms. The van der Waals surface area contributed by atoms with E-state index in [1.165, 1.54) is 6.08 Å². The fourth-order valence-corrected chi connectivity index (χ4v) is 7.88. The van der Waals surface area contributed by atoms with Gasteiger partial charge in [0.1, 0.15) is 5.60 Å². The van der Waals surface area contributed by atoms with Gasteiger partial charge >= 0.3 is 0 Å². The first-order chi connectivity index (χ1) is 20.3. The van der Waals surface area contributed by atoms with E-state index in [9.17, 15) is 14.9 Å². The molecule has 4 aliphatic heterocycles. The van der Waals surface area contributed by atoms with Gasteiger partial charge in [-0.25, -0.2) is 0 Å². The quantitative estimate of drug-likeness (QED) is 0.477. The summed E-state index contributed by atoms with van der Waals surface area (Å²) in [6.07, 6.45) is 5.09. The molecule has 7 atom stereocenters. The summed E-state index contributed by atoms with van der Waals surface area (Å²) >= 11 is 6.22. The Balaban J connectivity index is 1.24. The Hall–Kier alpha value is -2.36. The molecule has 4 heterocycles. The van der Waals surface area contributed by atoms with Gasteiger partial charge in [-0.2, -0.15) is 5.26 Å². The third kappa shape index (κ3) is 5.64. The largest absolute Gasteiger partial charge is 0.362 e. The number of amides is 1. The zero-order chi connectivity index (χ0) is 29.4. The summed E-state index contributed by atoms with van der Waals surface area (Å²) in [5.74, 6) is -0.0954. The number of likely N-dealkylation sites (N-methyl/N-ethyl adjacent to an activating group) is 1. The number of fused-ring (bicyclic) bond motifs is 2. The van der Waals surface area contributed by atoms with Crippen LogP contribution in [0.4, 0.5) is 0 Å². The Morgan fingerprint density at radius 2 is 2.12 bits per heavy atom. The molecule has 6 unspecified atom stereocenters. The monoisotopic (exact) mass is 596 g/mol. The van der Waals surface area contributed by atoms with E-state index < -0.39 is 18.0 Å². The zero-order valence-corrected chi connectivity index (χ0v) is 25.0. The van der Waals surface area contributed by atoms with Crippen LogP contribution in [-0.2, 0) is 32.1 Å². The van der Waals surface area contributed by atoms with Crippen LogP contribution in [0.15, 0.2) is 30.9 Å². The van der Waals surface area contributed by atoms with Crippen LogP contribution in [-0.4, -0.2) is 102 Å².